The summed E-state index contributed by atoms with van der Waals surface area (Å²) >= 11 is 12.0. The first kappa shape index (κ1) is 19.3. The quantitative estimate of drug-likeness (QED) is 0.770. The lowest BCUT2D eigenvalue weighted by Gasteiger charge is -2.20. The van der Waals surface area contributed by atoms with Gasteiger partial charge in [0, 0.05) is 17.1 Å². The fraction of sp³-hybridized carbons (Fsp3) is 0.263. The van der Waals surface area contributed by atoms with Gasteiger partial charge < -0.3 is 20.1 Å². The van der Waals surface area contributed by atoms with Gasteiger partial charge in [0.1, 0.15) is 13.2 Å². The van der Waals surface area contributed by atoms with Crippen LogP contribution in [0.1, 0.15) is 15.9 Å². The van der Waals surface area contributed by atoms with Crippen molar-refractivity contribution in [2.75, 3.05) is 26.3 Å². The van der Waals surface area contributed by atoms with Crippen LogP contribution in [0.4, 0.5) is 0 Å². The highest BCUT2D eigenvalue weighted by atomic mass is 35.5. The van der Waals surface area contributed by atoms with Crippen molar-refractivity contribution < 1.29 is 19.1 Å². The van der Waals surface area contributed by atoms with Gasteiger partial charge in [0.15, 0.2) is 11.5 Å². The fourth-order valence-corrected chi connectivity index (χ4v) is 3.00. The number of ether oxygens (including phenoxy) is 2. The minimum Gasteiger partial charge on any atom is -0.486 e. The van der Waals surface area contributed by atoms with Crippen LogP contribution in [0.25, 0.3) is 0 Å². The zero-order valence-electron chi connectivity index (χ0n) is 14.4. The molecule has 3 rings (SSSR count). The summed E-state index contributed by atoms with van der Waals surface area (Å²) in [6.07, 6.45) is 0.577. The van der Waals surface area contributed by atoms with Crippen molar-refractivity contribution in [2.45, 2.75) is 6.42 Å². The molecule has 0 bridgehead atoms. The lowest BCUT2D eigenvalue weighted by Crippen LogP contribution is -2.37. The van der Waals surface area contributed by atoms with Gasteiger partial charge >= 0.3 is 0 Å². The first-order valence-electron chi connectivity index (χ1n) is 8.41. The van der Waals surface area contributed by atoms with Crippen molar-refractivity contribution in [3.63, 3.8) is 0 Å². The van der Waals surface area contributed by atoms with Crippen molar-refractivity contribution in [3.05, 3.63) is 57.6 Å². The lowest BCUT2D eigenvalue weighted by molar-refractivity contribution is -0.120. The van der Waals surface area contributed by atoms with Crippen molar-refractivity contribution in [2.24, 2.45) is 0 Å². The van der Waals surface area contributed by atoms with Gasteiger partial charge in [-0.05, 0) is 48.4 Å². The van der Waals surface area contributed by atoms with Crippen LogP contribution in [0.3, 0.4) is 0 Å². The van der Waals surface area contributed by atoms with Crippen LogP contribution in [0, 0.1) is 0 Å². The van der Waals surface area contributed by atoms with E-state index in [-0.39, 0.29) is 18.4 Å². The Morgan fingerprint density at radius 1 is 1.00 bits per heavy atom. The smallest absolute Gasteiger partial charge is 0.251 e. The maximum Gasteiger partial charge on any atom is 0.251 e. The number of carbonyl (C=O) groups is 2. The van der Waals surface area contributed by atoms with E-state index < -0.39 is 0 Å². The molecule has 27 heavy (non-hydrogen) atoms. The van der Waals surface area contributed by atoms with E-state index in [4.69, 9.17) is 32.7 Å². The molecule has 0 saturated carbocycles. The molecule has 6 nitrogen and oxygen atoms in total. The largest absolute Gasteiger partial charge is 0.486 e. The third-order valence-corrected chi connectivity index (χ3v) is 4.44. The molecule has 1 aliphatic rings. The van der Waals surface area contributed by atoms with Gasteiger partial charge in [-0.1, -0.05) is 23.2 Å². The topological polar surface area (TPSA) is 76.7 Å². The maximum atomic E-state index is 12.0. The van der Waals surface area contributed by atoms with Crippen molar-refractivity contribution >= 4 is 35.0 Å². The number of rotatable bonds is 6. The Labute approximate surface area is 166 Å². The zero-order chi connectivity index (χ0) is 19.2. The molecule has 0 aliphatic carbocycles. The Morgan fingerprint density at radius 2 is 1.74 bits per heavy atom. The molecule has 2 amide bonds. The molecule has 2 aromatic rings. The third-order valence-electron chi connectivity index (χ3n) is 3.91. The molecule has 2 aromatic carbocycles. The molecule has 0 aromatic heterocycles. The first-order chi connectivity index (χ1) is 13.0. The maximum absolute atomic E-state index is 12.0. The summed E-state index contributed by atoms with van der Waals surface area (Å²) < 4.78 is 11.0. The minimum atomic E-state index is -0.333. The van der Waals surface area contributed by atoms with E-state index in [2.05, 4.69) is 10.6 Å². The van der Waals surface area contributed by atoms with E-state index in [1.165, 1.54) is 0 Å². The van der Waals surface area contributed by atoms with Gasteiger partial charge in [-0.2, -0.15) is 0 Å². The number of fused-ring (bicyclic) bond motifs is 1. The molecule has 2 N–H and O–H groups in total. The molecule has 0 spiro atoms. The van der Waals surface area contributed by atoms with Crippen LogP contribution in [0.15, 0.2) is 36.4 Å². The van der Waals surface area contributed by atoms with Gasteiger partial charge in [-0.25, -0.2) is 0 Å². The Balaban J connectivity index is 1.44. The van der Waals surface area contributed by atoms with Gasteiger partial charge in [0.25, 0.3) is 5.91 Å². The molecule has 0 fully saturated rings. The fourth-order valence-electron chi connectivity index (χ4n) is 2.58. The molecule has 0 saturated heterocycles. The highest BCUT2D eigenvalue weighted by Gasteiger charge is 2.16. The number of halogens is 2. The van der Waals surface area contributed by atoms with Gasteiger partial charge in [0.2, 0.25) is 5.91 Å². The van der Waals surface area contributed by atoms with Gasteiger partial charge in [0.05, 0.1) is 11.6 Å². The van der Waals surface area contributed by atoms with Crippen LogP contribution in [0.5, 0.6) is 11.5 Å². The van der Waals surface area contributed by atoms with Crippen LogP contribution >= 0.6 is 23.2 Å². The first-order valence-corrected chi connectivity index (χ1v) is 9.17. The standard InChI is InChI=1S/C19H18Cl2N2O4/c20-14-3-1-13(2-4-14)19(25)23-11-17(24)22-6-5-12-9-15(21)18-16(10-12)26-7-8-27-18/h1-4,9-10H,5-8,11H2,(H,22,24)(H,23,25). The molecular formula is C19H18Cl2N2O4. The van der Waals surface area contributed by atoms with Gasteiger partial charge in [-0.3, -0.25) is 9.59 Å². The number of amides is 2. The van der Waals surface area contributed by atoms with Crippen LogP contribution < -0.4 is 20.1 Å². The Bertz CT molecular complexity index is 840. The number of nitrogens with one attached hydrogen (secondary N) is 2. The van der Waals surface area contributed by atoms with Crippen molar-refractivity contribution in [1.29, 1.82) is 0 Å². The Kier molecular flexibility index (Phi) is 6.42. The highest BCUT2D eigenvalue weighted by molar-refractivity contribution is 6.32. The van der Waals surface area contributed by atoms with E-state index in [0.29, 0.717) is 53.3 Å². The summed E-state index contributed by atoms with van der Waals surface area (Å²) in [4.78, 5) is 23.9. The number of benzene rings is 2. The second-order valence-electron chi connectivity index (χ2n) is 5.89. The molecule has 0 atom stereocenters. The van der Waals surface area contributed by atoms with Crippen LogP contribution in [-0.2, 0) is 11.2 Å². The van der Waals surface area contributed by atoms with Crippen molar-refractivity contribution in [1.82, 2.24) is 10.6 Å². The monoisotopic (exact) mass is 408 g/mol. The summed E-state index contributed by atoms with van der Waals surface area (Å²) in [5, 5.41) is 6.36. The van der Waals surface area contributed by atoms with Crippen molar-refractivity contribution in [3.8, 4) is 11.5 Å². The molecule has 142 valence electrons. The average molecular weight is 409 g/mol. The Morgan fingerprint density at radius 3 is 2.52 bits per heavy atom. The number of hydrogen-bond donors (Lipinski definition) is 2. The van der Waals surface area contributed by atoms with E-state index in [0.717, 1.165) is 5.56 Å². The average Bonchev–Trinajstić information content (AvgIpc) is 2.67. The van der Waals surface area contributed by atoms with Crippen LogP contribution in [0.2, 0.25) is 10.0 Å². The van der Waals surface area contributed by atoms with E-state index in [9.17, 15) is 9.59 Å². The molecule has 8 heteroatoms. The molecule has 0 unspecified atom stereocenters. The summed E-state index contributed by atoms with van der Waals surface area (Å²) in [6, 6.07) is 10.1. The molecule has 0 radical (unpaired) electrons. The lowest BCUT2D eigenvalue weighted by atomic mass is 10.1. The summed E-state index contributed by atoms with van der Waals surface area (Å²) in [5.41, 5.74) is 1.37. The van der Waals surface area contributed by atoms with E-state index >= 15 is 0 Å². The Hall–Kier alpha value is -2.44. The zero-order valence-corrected chi connectivity index (χ0v) is 15.9. The molecular weight excluding hydrogens is 391 g/mol. The van der Waals surface area contributed by atoms with Gasteiger partial charge in [-0.15, -0.1) is 0 Å². The third kappa shape index (κ3) is 5.28. The molecule has 1 heterocycles. The predicted octanol–water partition coefficient (Wildman–Crippen LogP) is 2.85. The normalized spacial score (nSPS) is 12.4. The predicted molar refractivity (Wildman–Crippen MR) is 103 cm³/mol. The summed E-state index contributed by atoms with van der Waals surface area (Å²) in [7, 11) is 0. The number of hydrogen-bond acceptors (Lipinski definition) is 4. The highest BCUT2D eigenvalue weighted by Crippen LogP contribution is 2.38. The molecule has 1 aliphatic heterocycles. The minimum absolute atomic E-state index is 0.108. The number of carbonyl (C=O) groups excluding carboxylic acids is 2. The SMILES string of the molecule is O=C(CNC(=O)c1ccc(Cl)cc1)NCCc1cc(Cl)c2c(c1)OCCO2. The van der Waals surface area contributed by atoms with Crippen LogP contribution in [-0.4, -0.2) is 38.1 Å². The second kappa shape index (κ2) is 8.97. The van der Waals surface area contributed by atoms with E-state index in [1.54, 1.807) is 30.3 Å². The van der Waals surface area contributed by atoms with E-state index in [1.807, 2.05) is 6.07 Å². The summed E-state index contributed by atoms with van der Waals surface area (Å²) in [5.74, 6) is 0.562. The summed E-state index contributed by atoms with van der Waals surface area (Å²) in [6.45, 7) is 1.26. The second-order valence-corrected chi connectivity index (χ2v) is 6.73.